The van der Waals surface area contributed by atoms with E-state index in [1.54, 1.807) is 0 Å². The van der Waals surface area contributed by atoms with E-state index < -0.39 is 0 Å². The van der Waals surface area contributed by atoms with Gasteiger partial charge in [-0.1, -0.05) is 54.8 Å². The average molecular weight is 310 g/mol. The summed E-state index contributed by atoms with van der Waals surface area (Å²) in [6, 6.07) is 9.90. The minimum Gasteiger partial charge on any atom is -0.307 e. The maximum Gasteiger partial charge on any atom is 0.0320 e. The number of hydrogen-bond donors (Lipinski definition) is 1. The Morgan fingerprint density at radius 1 is 1.33 bits per heavy atom. The van der Waals surface area contributed by atoms with Crippen LogP contribution in [-0.4, -0.2) is 6.04 Å². The highest BCUT2D eigenvalue weighted by atomic mass is 79.9. The Hall–Kier alpha value is -0.340. The third-order valence-electron chi connectivity index (χ3n) is 4.19. The molecule has 2 heteroatoms. The molecule has 0 aliphatic heterocycles. The SMILES string of the molecule is CCC(NC1CCCCC1C)c1cccc(Br)c1. The highest BCUT2D eigenvalue weighted by Gasteiger charge is 2.23. The summed E-state index contributed by atoms with van der Waals surface area (Å²) < 4.78 is 1.18. The molecule has 2 rings (SSSR count). The van der Waals surface area contributed by atoms with Gasteiger partial charge in [0.05, 0.1) is 0 Å². The van der Waals surface area contributed by atoms with Crippen LogP contribution in [0.25, 0.3) is 0 Å². The molecule has 0 amide bonds. The van der Waals surface area contributed by atoms with Gasteiger partial charge in [-0.25, -0.2) is 0 Å². The van der Waals surface area contributed by atoms with E-state index in [9.17, 15) is 0 Å². The van der Waals surface area contributed by atoms with E-state index in [0.717, 1.165) is 12.3 Å². The lowest BCUT2D eigenvalue weighted by atomic mass is 9.85. The summed E-state index contributed by atoms with van der Waals surface area (Å²) in [6.45, 7) is 4.66. The second kappa shape index (κ2) is 6.72. The Balaban J connectivity index is 2.04. The summed E-state index contributed by atoms with van der Waals surface area (Å²) in [7, 11) is 0. The summed E-state index contributed by atoms with van der Waals surface area (Å²) >= 11 is 3.57. The Labute approximate surface area is 119 Å². The van der Waals surface area contributed by atoms with Gasteiger partial charge in [0.15, 0.2) is 0 Å². The summed E-state index contributed by atoms with van der Waals surface area (Å²) in [5, 5.41) is 3.88. The molecule has 0 spiro atoms. The third-order valence-corrected chi connectivity index (χ3v) is 4.68. The van der Waals surface area contributed by atoms with Crippen LogP contribution in [0.2, 0.25) is 0 Å². The molecule has 0 radical (unpaired) electrons. The van der Waals surface area contributed by atoms with Gasteiger partial charge in [0.1, 0.15) is 0 Å². The second-order valence-corrected chi connectivity index (χ2v) is 6.47. The van der Waals surface area contributed by atoms with Crippen LogP contribution in [-0.2, 0) is 0 Å². The molecule has 1 saturated carbocycles. The maximum absolute atomic E-state index is 3.88. The van der Waals surface area contributed by atoms with Crippen molar-refractivity contribution in [3.05, 3.63) is 34.3 Å². The van der Waals surface area contributed by atoms with Crippen molar-refractivity contribution in [2.24, 2.45) is 5.92 Å². The van der Waals surface area contributed by atoms with Gasteiger partial charge < -0.3 is 5.32 Å². The van der Waals surface area contributed by atoms with Gasteiger partial charge >= 0.3 is 0 Å². The van der Waals surface area contributed by atoms with E-state index in [4.69, 9.17) is 0 Å². The maximum atomic E-state index is 3.88. The molecule has 1 N–H and O–H groups in total. The van der Waals surface area contributed by atoms with Crippen molar-refractivity contribution in [3.8, 4) is 0 Å². The molecule has 3 unspecified atom stereocenters. The van der Waals surface area contributed by atoms with E-state index in [1.165, 1.54) is 35.7 Å². The van der Waals surface area contributed by atoms with Gasteiger partial charge in [-0.3, -0.25) is 0 Å². The smallest absolute Gasteiger partial charge is 0.0320 e. The van der Waals surface area contributed by atoms with Crippen molar-refractivity contribution in [1.82, 2.24) is 5.32 Å². The van der Waals surface area contributed by atoms with Crippen LogP contribution in [0, 0.1) is 5.92 Å². The highest BCUT2D eigenvalue weighted by Crippen LogP contribution is 2.28. The number of hydrogen-bond acceptors (Lipinski definition) is 1. The molecule has 3 atom stereocenters. The van der Waals surface area contributed by atoms with E-state index >= 15 is 0 Å². The molecular formula is C16H24BrN. The minimum atomic E-state index is 0.494. The van der Waals surface area contributed by atoms with E-state index in [2.05, 4.69) is 59.4 Å². The largest absolute Gasteiger partial charge is 0.307 e. The zero-order valence-corrected chi connectivity index (χ0v) is 13.0. The predicted molar refractivity (Wildman–Crippen MR) is 81.7 cm³/mol. The van der Waals surface area contributed by atoms with Gasteiger partial charge in [0.2, 0.25) is 0 Å². The molecule has 1 aromatic rings. The summed E-state index contributed by atoms with van der Waals surface area (Å²) in [6.07, 6.45) is 6.67. The Bertz CT molecular complexity index is 377. The van der Waals surface area contributed by atoms with E-state index in [1.807, 2.05) is 0 Å². The lowest BCUT2D eigenvalue weighted by Crippen LogP contribution is -2.39. The zero-order chi connectivity index (χ0) is 13.0. The van der Waals surface area contributed by atoms with Crippen LogP contribution >= 0.6 is 15.9 Å². The molecule has 0 bridgehead atoms. The number of halogens is 1. The van der Waals surface area contributed by atoms with E-state index in [0.29, 0.717) is 12.1 Å². The Kier molecular flexibility index (Phi) is 5.25. The first kappa shape index (κ1) is 14.1. The quantitative estimate of drug-likeness (QED) is 0.819. The fourth-order valence-electron chi connectivity index (χ4n) is 3.00. The van der Waals surface area contributed by atoms with Crippen molar-refractivity contribution in [2.75, 3.05) is 0 Å². The summed E-state index contributed by atoms with van der Waals surface area (Å²) in [4.78, 5) is 0. The van der Waals surface area contributed by atoms with Crippen LogP contribution in [0.1, 0.15) is 57.6 Å². The lowest BCUT2D eigenvalue weighted by molar-refractivity contribution is 0.256. The van der Waals surface area contributed by atoms with Crippen molar-refractivity contribution in [3.63, 3.8) is 0 Å². The molecule has 1 aliphatic rings. The molecule has 100 valence electrons. The first-order valence-electron chi connectivity index (χ1n) is 7.22. The average Bonchev–Trinajstić information content (AvgIpc) is 2.38. The Morgan fingerprint density at radius 3 is 2.78 bits per heavy atom. The normalized spacial score (nSPS) is 25.9. The van der Waals surface area contributed by atoms with Crippen LogP contribution in [0.3, 0.4) is 0 Å². The highest BCUT2D eigenvalue weighted by molar-refractivity contribution is 9.10. The molecule has 0 aromatic heterocycles. The van der Waals surface area contributed by atoms with E-state index in [-0.39, 0.29) is 0 Å². The van der Waals surface area contributed by atoms with Crippen LogP contribution in [0.5, 0.6) is 0 Å². The molecular weight excluding hydrogens is 286 g/mol. The first-order chi connectivity index (χ1) is 8.70. The van der Waals surface area contributed by atoms with Gasteiger partial charge in [0.25, 0.3) is 0 Å². The Morgan fingerprint density at radius 2 is 2.11 bits per heavy atom. The molecule has 1 aliphatic carbocycles. The molecule has 1 nitrogen and oxygen atoms in total. The van der Waals surface area contributed by atoms with Gasteiger partial charge in [-0.15, -0.1) is 0 Å². The van der Waals surface area contributed by atoms with Gasteiger partial charge in [-0.2, -0.15) is 0 Å². The minimum absolute atomic E-state index is 0.494. The molecule has 0 heterocycles. The van der Waals surface area contributed by atoms with Crippen molar-refractivity contribution >= 4 is 15.9 Å². The van der Waals surface area contributed by atoms with Crippen LogP contribution in [0.15, 0.2) is 28.7 Å². The van der Waals surface area contributed by atoms with Gasteiger partial charge in [-0.05, 0) is 42.9 Å². The summed E-state index contributed by atoms with van der Waals surface area (Å²) in [5.74, 6) is 0.819. The summed E-state index contributed by atoms with van der Waals surface area (Å²) in [5.41, 5.74) is 1.41. The van der Waals surface area contributed by atoms with Crippen molar-refractivity contribution in [2.45, 2.75) is 58.0 Å². The molecule has 0 saturated heterocycles. The van der Waals surface area contributed by atoms with Crippen LogP contribution < -0.4 is 5.32 Å². The monoisotopic (exact) mass is 309 g/mol. The fraction of sp³-hybridized carbons (Fsp3) is 0.625. The molecule has 1 fully saturated rings. The molecule has 1 aromatic carbocycles. The number of rotatable bonds is 4. The zero-order valence-electron chi connectivity index (χ0n) is 11.5. The topological polar surface area (TPSA) is 12.0 Å². The van der Waals surface area contributed by atoms with Crippen LogP contribution in [0.4, 0.5) is 0 Å². The number of nitrogens with one attached hydrogen (secondary N) is 1. The second-order valence-electron chi connectivity index (χ2n) is 5.55. The van der Waals surface area contributed by atoms with Crippen molar-refractivity contribution < 1.29 is 0 Å². The first-order valence-corrected chi connectivity index (χ1v) is 8.01. The van der Waals surface area contributed by atoms with Crippen molar-refractivity contribution in [1.29, 1.82) is 0 Å². The van der Waals surface area contributed by atoms with Gasteiger partial charge in [0, 0.05) is 16.6 Å². The predicted octanol–water partition coefficient (Wildman–Crippen LogP) is 5.07. The molecule has 18 heavy (non-hydrogen) atoms. The fourth-order valence-corrected chi connectivity index (χ4v) is 3.41. The lowest BCUT2D eigenvalue weighted by Gasteiger charge is -2.33. The standard InChI is InChI=1S/C16H24BrN/c1-3-15(13-8-6-9-14(17)11-13)18-16-10-5-4-7-12(16)2/h6,8-9,11-12,15-16,18H,3-5,7,10H2,1-2H3. The number of benzene rings is 1. The third kappa shape index (κ3) is 3.58.